The Labute approximate surface area is 151 Å². The summed E-state index contributed by atoms with van der Waals surface area (Å²) in [4.78, 5) is 9.55. The van der Waals surface area contributed by atoms with Gasteiger partial charge in [-0.05, 0) is 29.8 Å². The van der Waals surface area contributed by atoms with Gasteiger partial charge < -0.3 is 5.73 Å². The molecule has 0 radical (unpaired) electrons. The number of nitrogens with two attached hydrogens (primary N) is 1. The number of benzene rings is 3. The summed E-state index contributed by atoms with van der Waals surface area (Å²) in [5.74, 6) is 0.679. The molecular formula is C21H19N5. The maximum atomic E-state index is 5.65. The van der Waals surface area contributed by atoms with Crippen molar-refractivity contribution in [1.29, 1.82) is 0 Å². The quantitative estimate of drug-likeness (QED) is 0.474. The van der Waals surface area contributed by atoms with E-state index in [1.54, 1.807) is 0 Å². The van der Waals surface area contributed by atoms with Crippen LogP contribution in [0.4, 0.5) is 11.5 Å². The highest BCUT2D eigenvalue weighted by molar-refractivity contribution is 5.83. The third-order valence-corrected chi connectivity index (χ3v) is 4.13. The summed E-state index contributed by atoms with van der Waals surface area (Å²) in [5.41, 5.74) is 17.6. The second-order valence-electron chi connectivity index (χ2n) is 5.93. The van der Waals surface area contributed by atoms with Crippen molar-refractivity contribution < 1.29 is 0 Å². The standard InChI is InChI=1S/C21H19N5/c22-14-15-10-12-17(13-11-15)25-26-21-20(16-6-2-1-3-7-16)23-18-8-4-5-9-19(18)24-21/h1-13,25H,14,22H2,(H,24,26). The van der Waals surface area contributed by atoms with Gasteiger partial charge in [0.15, 0.2) is 5.82 Å². The second kappa shape index (κ2) is 7.21. The minimum absolute atomic E-state index is 0.530. The molecule has 0 spiro atoms. The summed E-state index contributed by atoms with van der Waals surface area (Å²) in [7, 11) is 0. The van der Waals surface area contributed by atoms with E-state index in [1.807, 2.05) is 78.9 Å². The fraction of sp³-hybridized carbons (Fsp3) is 0.0476. The van der Waals surface area contributed by atoms with Gasteiger partial charge in [0.05, 0.1) is 16.7 Å². The van der Waals surface area contributed by atoms with Crippen molar-refractivity contribution in [3.63, 3.8) is 0 Å². The first-order chi connectivity index (χ1) is 12.8. The molecule has 4 aromatic rings. The van der Waals surface area contributed by atoms with Crippen LogP contribution in [0.3, 0.4) is 0 Å². The first-order valence-corrected chi connectivity index (χ1v) is 8.47. The lowest BCUT2D eigenvalue weighted by atomic mass is 10.1. The first kappa shape index (κ1) is 16.1. The fourth-order valence-electron chi connectivity index (χ4n) is 2.74. The normalized spacial score (nSPS) is 10.7. The van der Waals surface area contributed by atoms with Crippen LogP contribution in [0.25, 0.3) is 22.3 Å². The number of hydrazine groups is 1. The van der Waals surface area contributed by atoms with E-state index in [9.17, 15) is 0 Å². The highest BCUT2D eigenvalue weighted by atomic mass is 15.4. The number of hydrogen-bond acceptors (Lipinski definition) is 5. The topological polar surface area (TPSA) is 75.9 Å². The first-order valence-electron chi connectivity index (χ1n) is 8.47. The smallest absolute Gasteiger partial charge is 0.171 e. The van der Waals surface area contributed by atoms with E-state index in [2.05, 4.69) is 10.9 Å². The van der Waals surface area contributed by atoms with Crippen LogP contribution in [0.2, 0.25) is 0 Å². The Morgan fingerprint density at radius 2 is 1.35 bits per heavy atom. The van der Waals surface area contributed by atoms with Crippen LogP contribution in [-0.4, -0.2) is 9.97 Å². The molecule has 0 fully saturated rings. The van der Waals surface area contributed by atoms with E-state index >= 15 is 0 Å². The maximum Gasteiger partial charge on any atom is 0.171 e. The van der Waals surface area contributed by atoms with Crippen molar-refractivity contribution in [3.05, 3.63) is 84.4 Å². The minimum atomic E-state index is 0.530. The molecule has 1 heterocycles. The molecule has 0 bridgehead atoms. The van der Waals surface area contributed by atoms with Gasteiger partial charge in [0.2, 0.25) is 0 Å². The molecular weight excluding hydrogens is 322 g/mol. The number of aromatic nitrogens is 2. The van der Waals surface area contributed by atoms with Gasteiger partial charge in [0.1, 0.15) is 5.69 Å². The van der Waals surface area contributed by atoms with Gasteiger partial charge in [-0.2, -0.15) is 0 Å². The van der Waals surface area contributed by atoms with Crippen LogP contribution >= 0.6 is 0 Å². The van der Waals surface area contributed by atoms with Crippen molar-refractivity contribution in [2.45, 2.75) is 6.54 Å². The van der Waals surface area contributed by atoms with Crippen LogP contribution in [0, 0.1) is 0 Å². The van der Waals surface area contributed by atoms with Crippen LogP contribution in [0.5, 0.6) is 0 Å². The maximum absolute atomic E-state index is 5.65. The summed E-state index contributed by atoms with van der Waals surface area (Å²) in [6.07, 6.45) is 0. The van der Waals surface area contributed by atoms with E-state index in [0.29, 0.717) is 12.4 Å². The Kier molecular flexibility index (Phi) is 4.45. The molecule has 5 heteroatoms. The van der Waals surface area contributed by atoms with Crippen LogP contribution in [-0.2, 0) is 6.54 Å². The van der Waals surface area contributed by atoms with Crippen molar-refractivity contribution in [3.8, 4) is 11.3 Å². The van der Waals surface area contributed by atoms with Crippen LogP contribution < -0.4 is 16.6 Å². The molecule has 0 unspecified atom stereocenters. The van der Waals surface area contributed by atoms with Crippen molar-refractivity contribution in [2.75, 3.05) is 10.9 Å². The largest absolute Gasteiger partial charge is 0.326 e. The average molecular weight is 341 g/mol. The molecule has 3 aromatic carbocycles. The highest BCUT2D eigenvalue weighted by Gasteiger charge is 2.10. The highest BCUT2D eigenvalue weighted by Crippen LogP contribution is 2.27. The Morgan fingerprint density at radius 1 is 0.692 bits per heavy atom. The zero-order chi connectivity index (χ0) is 17.8. The monoisotopic (exact) mass is 341 g/mol. The zero-order valence-corrected chi connectivity index (χ0v) is 14.2. The summed E-state index contributed by atoms with van der Waals surface area (Å²) >= 11 is 0. The molecule has 0 atom stereocenters. The predicted molar refractivity (Wildman–Crippen MR) is 107 cm³/mol. The molecule has 0 amide bonds. The minimum Gasteiger partial charge on any atom is -0.326 e. The van der Waals surface area contributed by atoms with Crippen LogP contribution in [0.15, 0.2) is 78.9 Å². The molecule has 0 aliphatic carbocycles. The van der Waals surface area contributed by atoms with Crippen LogP contribution in [0.1, 0.15) is 5.56 Å². The molecule has 0 saturated carbocycles. The predicted octanol–water partition coefficient (Wildman–Crippen LogP) is 4.19. The number of nitrogens with zero attached hydrogens (tertiary/aromatic N) is 2. The Hall–Kier alpha value is -3.44. The molecule has 0 aliphatic rings. The Bertz CT molecular complexity index is 1010. The van der Waals surface area contributed by atoms with E-state index in [1.165, 1.54) is 0 Å². The van der Waals surface area contributed by atoms with Gasteiger partial charge in [0, 0.05) is 12.1 Å². The SMILES string of the molecule is NCc1ccc(NNc2nc3ccccc3nc2-c2ccccc2)cc1. The zero-order valence-electron chi connectivity index (χ0n) is 14.2. The third kappa shape index (κ3) is 3.34. The van der Waals surface area contributed by atoms with Gasteiger partial charge >= 0.3 is 0 Å². The van der Waals surface area contributed by atoms with Gasteiger partial charge in [-0.1, -0.05) is 54.6 Å². The number of nitrogens with one attached hydrogen (secondary N) is 2. The average Bonchev–Trinajstić information content (AvgIpc) is 2.72. The van der Waals surface area contributed by atoms with Crippen molar-refractivity contribution in [1.82, 2.24) is 9.97 Å². The number of hydrogen-bond donors (Lipinski definition) is 3. The van der Waals surface area contributed by atoms with E-state index in [4.69, 9.17) is 15.7 Å². The van der Waals surface area contributed by atoms with E-state index < -0.39 is 0 Å². The van der Waals surface area contributed by atoms with E-state index in [-0.39, 0.29) is 0 Å². The Morgan fingerprint density at radius 3 is 2.04 bits per heavy atom. The van der Waals surface area contributed by atoms with Gasteiger partial charge in [0.25, 0.3) is 0 Å². The second-order valence-corrected chi connectivity index (χ2v) is 5.93. The molecule has 4 N–H and O–H groups in total. The summed E-state index contributed by atoms with van der Waals surface area (Å²) in [5, 5.41) is 0. The van der Waals surface area contributed by atoms with Crippen molar-refractivity contribution >= 4 is 22.5 Å². The van der Waals surface area contributed by atoms with Crippen molar-refractivity contribution in [2.24, 2.45) is 5.73 Å². The molecule has 26 heavy (non-hydrogen) atoms. The number of anilines is 2. The summed E-state index contributed by atoms with van der Waals surface area (Å²) in [6, 6.07) is 25.8. The number of fused-ring (bicyclic) bond motifs is 1. The number of para-hydroxylation sites is 2. The molecule has 128 valence electrons. The lowest BCUT2D eigenvalue weighted by molar-refractivity contribution is 1.07. The van der Waals surface area contributed by atoms with Gasteiger partial charge in [-0.25, -0.2) is 9.97 Å². The van der Waals surface area contributed by atoms with E-state index in [0.717, 1.165) is 33.5 Å². The molecule has 1 aromatic heterocycles. The Balaban J connectivity index is 1.69. The third-order valence-electron chi connectivity index (χ3n) is 4.13. The molecule has 0 saturated heterocycles. The molecule has 5 nitrogen and oxygen atoms in total. The lowest BCUT2D eigenvalue weighted by Gasteiger charge is -2.14. The lowest BCUT2D eigenvalue weighted by Crippen LogP contribution is -2.12. The summed E-state index contributed by atoms with van der Waals surface area (Å²) < 4.78 is 0. The molecule has 0 aliphatic heterocycles. The van der Waals surface area contributed by atoms with Gasteiger partial charge in [-0.15, -0.1) is 0 Å². The fourth-order valence-corrected chi connectivity index (χ4v) is 2.74. The summed E-state index contributed by atoms with van der Waals surface area (Å²) in [6.45, 7) is 0.530. The van der Waals surface area contributed by atoms with Gasteiger partial charge in [-0.3, -0.25) is 10.9 Å². The molecule has 4 rings (SSSR count). The number of rotatable bonds is 5.